The van der Waals surface area contributed by atoms with Crippen molar-refractivity contribution < 1.29 is 41.7 Å². The fourth-order valence-electron chi connectivity index (χ4n) is 3.66. The zero-order valence-corrected chi connectivity index (χ0v) is 19.9. The van der Waals surface area contributed by atoms with Crippen molar-refractivity contribution >= 4 is 27.9 Å². The summed E-state index contributed by atoms with van der Waals surface area (Å²) in [7, 11) is -3.74. The van der Waals surface area contributed by atoms with Crippen molar-refractivity contribution in [2.75, 3.05) is 46.1 Å². The van der Waals surface area contributed by atoms with Gasteiger partial charge in [-0.05, 0) is 38.3 Å². The van der Waals surface area contributed by atoms with Gasteiger partial charge in [-0.1, -0.05) is 0 Å². The Morgan fingerprint density at radius 3 is 2.50 bits per heavy atom. The second-order valence-corrected chi connectivity index (χ2v) is 9.79. The third-order valence-corrected chi connectivity index (χ3v) is 7.36. The molecule has 0 atom stereocenters. The molecule has 1 saturated heterocycles. The molecule has 2 heterocycles. The van der Waals surface area contributed by atoms with E-state index in [0.717, 1.165) is 0 Å². The maximum atomic E-state index is 13.0. The predicted molar refractivity (Wildman–Crippen MR) is 119 cm³/mol. The van der Waals surface area contributed by atoms with Crippen molar-refractivity contribution in [2.45, 2.75) is 37.5 Å². The van der Waals surface area contributed by atoms with Gasteiger partial charge in [0.05, 0.1) is 17.4 Å². The Kier molecular flexibility index (Phi) is 9.11. The summed E-state index contributed by atoms with van der Waals surface area (Å²) in [5.74, 6) is -0.901. The predicted octanol–water partition coefficient (Wildman–Crippen LogP) is 0.861. The van der Waals surface area contributed by atoms with Gasteiger partial charge in [-0.25, -0.2) is 8.42 Å². The van der Waals surface area contributed by atoms with E-state index < -0.39 is 34.4 Å². The molecule has 188 valence electrons. The summed E-state index contributed by atoms with van der Waals surface area (Å²) in [6.07, 6.45) is 1.21. The molecular formula is C22H30N2O9S. The van der Waals surface area contributed by atoms with Crippen LogP contribution in [0.1, 0.15) is 32.6 Å². The van der Waals surface area contributed by atoms with E-state index in [4.69, 9.17) is 18.9 Å². The minimum absolute atomic E-state index is 0.109. The van der Waals surface area contributed by atoms with Crippen LogP contribution in [0.15, 0.2) is 23.1 Å². The van der Waals surface area contributed by atoms with Crippen molar-refractivity contribution in [1.82, 2.24) is 9.62 Å². The lowest BCUT2D eigenvalue weighted by Crippen LogP contribution is -2.41. The lowest BCUT2D eigenvalue weighted by Gasteiger charge is -2.30. The number of hydrogen-bond acceptors (Lipinski definition) is 9. The van der Waals surface area contributed by atoms with Crippen molar-refractivity contribution in [3.63, 3.8) is 0 Å². The smallest absolute Gasteiger partial charge is 0.309 e. The van der Waals surface area contributed by atoms with Crippen molar-refractivity contribution in [2.24, 2.45) is 5.92 Å². The first-order valence-electron chi connectivity index (χ1n) is 11.3. The van der Waals surface area contributed by atoms with E-state index >= 15 is 0 Å². The van der Waals surface area contributed by atoms with Gasteiger partial charge in [-0.3, -0.25) is 14.4 Å². The molecule has 0 aliphatic carbocycles. The molecule has 2 aliphatic heterocycles. The fourth-order valence-corrected chi connectivity index (χ4v) is 5.15. The topological polar surface area (TPSA) is 138 Å². The average molecular weight is 499 g/mol. The van der Waals surface area contributed by atoms with Crippen LogP contribution < -0.4 is 14.8 Å². The monoisotopic (exact) mass is 498 g/mol. The number of amides is 1. The van der Waals surface area contributed by atoms with E-state index in [-0.39, 0.29) is 36.9 Å². The number of ether oxygens (including phenoxy) is 4. The normalized spacial score (nSPS) is 16.5. The standard InChI is InChI=1S/C22H30N2O9S/c1-2-30-21(26)4-3-9-23-20(25)15-33-22(27)16-7-10-24(11-8-16)34(28,29)17-5-6-18-19(14-17)32-13-12-31-18/h5-6,14,16H,2-4,7-13,15H2,1H3,(H,23,25). The number of nitrogens with zero attached hydrogens (tertiary/aromatic N) is 1. The van der Waals surface area contributed by atoms with E-state index in [1.807, 2.05) is 0 Å². The molecule has 0 aromatic heterocycles. The number of esters is 2. The van der Waals surface area contributed by atoms with Gasteiger partial charge in [0.25, 0.3) is 5.91 Å². The first-order valence-corrected chi connectivity index (χ1v) is 12.7. The second kappa shape index (κ2) is 12.0. The first kappa shape index (κ1) is 25.8. The molecular weight excluding hydrogens is 468 g/mol. The molecule has 11 nitrogen and oxygen atoms in total. The number of rotatable bonds is 10. The van der Waals surface area contributed by atoms with Gasteiger partial charge in [0.2, 0.25) is 10.0 Å². The molecule has 1 aromatic rings. The van der Waals surface area contributed by atoms with E-state index in [9.17, 15) is 22.8 Å². The molecule has 0 spiro atoms. The Bertz CT molecular complexity index is 988. The Morgan fingerprint density at radius 2 is 1.79 bits per heavy atom. The molecule has 1 aromatic carbocycles. The van der Waals surface area contributed by atoms with Gasteiger partial charge in [-0.15, -0.1) is 0 Å². The molecule has 12 heteroatoms. The largest absolute Gasteiger partial charge is 0.486 e. The highest BCUT2D eigenvalue weighted by atomic mass is 32.2. The summed E-state index contributed by atoms with van der Waals surface area (Å²) in [5.41, 5.74) is 0. The van der Waals surface area contributed by atoms with Gasteiger partial charge in [0, 0.05) is 32.1 Å². The highest BCUT2D eigenvalue weighted by Gasteiger charge is 2.33. The number of fused-ring (bicyclic) bond motifs is 1. The summed E-state index contributed by atoms with van der Waals surface area (Å²) in [6.45, 7) is 2.98. The summed E-state index contributed by atoms with van der Waals surface area (Å²) in [4.78, 5) is 35.5. The molecule has 3 rings (SSSR count). The maximum absolute atomic E-state index is 13.0. The van der Waals surface area contributed by atoms with Crippen LogP contribution in [-0.4, -0.2) is 76.6 Å². The number of carbonyl (C=O) groups excluding carboxylic acids is 3. The minimum atomic E-state index is -3.74. The van der Waals surface area contributed by atoms with Crippen LogP contribution in [0.2, 0.25) is 0 Å². The van der Waals surface area contributed by atoms with Gasteiger partial charge >= 0.3 is 11.9 Å². The molecule has 1 amide bonds. The van der Waals surface area contributed by atoms with Crippen molar-refractivity contribution in [3.8, 4) is 11.5 Å². The van der Waals surface area contributed by atoms with Crippen LogP contribution in [0.25, 0.3) is 0 Å². The zero-order chi connectivity index (χ0) is 24.6. The van der Waals surface area contributed by atoms with Crippen LogP contribution in [0, 0.1) is 5.92 Å². The first-order chi connectivity index (χ1) is 16.3. The van der Waals surface area contributed by atoms with Crippen molar-refractivity contribution in [1.29, 1.82) is 0 Å². The number of piperidine rings is 1. The van der Waals surface area contributed by atoms with E-state index in [2.05, 4.69) is 5.32 Å². The highest BCUT2D eigenvalue weighted by Crippen LogP contribution is 2.34. The Hall–Kier alpha value is -2.86. The van der Waals surface area contributed by atoms with Crippen LogP contribution in [0.4, 0.5) is 0 Å². The van der Waals surface area contributed by atoms with E-state index in [1.165, 1.54) is 16.4 Å². The zero-order valence-electron chi connectivity index (χ0n) is 19.1. The quantitative estimate of drug-likeness (QED) is 0.368. The van der Waals surface area contributed by atoms with Gasteiger partial charge in [-0.2, -0.15) is 4.31 Å². The van der Waals surface area contributed by atoms with Crippen LogP contribution >= 0.6 is 0 Å². The molecule has 34 heavy (non-hydrogen) atoms. The molecule has 1 fully saturated rings. The minimum Gasteiger partial charge on any atom is -0.486 e. The molecule has 1 N–H and O–H groups in total. The van der Waals surface area contributed by atoms with Crippen LogP contribution in [0.5, 0.6) is 11.5 Å². The summed E-state index contributed by atoms with van der Waals surface area (Å²) in [6, 6.07) is 4.51. The molecule has 0 bridgehead atoms. The summed E-state index contributed by atoms with van der Waals surface area (Å²) < 4.78 is 48.1. The van der Waals surface area contributed by atoms with E-state index in [1.54, 1.807) is 13.0 Å². The third kappa shape index (κ3) is 6.83. The number of hydrogen-bond donors (Lipinski definition) is 1. The number of benzene rings is 1. The summed E-state index contributed by atoms with van der Waals surface area (Å²) in [5, 5.41) is 2.57. The van der Waals surface area contributed by atoms with Crippen LogP contribution in [-0.2, 0) is 33.9 Å². The van der Waals surface area contributed by atoms with Gasteiger partial charge < -0.3 is 24.3 Å². The molecule has 0 saturated carbocycles. The fraction of sp³-hybridized carbons (Fsp3) is 0.591. The molecule has 2 aliphatic rings. The maximum Gasteiger partial charge on any atom is 0.309 e. The SMILES string of the molecule is CCOC(=O)CCCNC(=O)COC(=O)C1CCN(S(=O)(=O)c2ccc3c(c2)OCCO3)CC1. The Labute approximate surface area is 198 Å². The second-order valence-electron chi connectivity index (χ2n) is 7.85. The number of sulfonamides is 1. The van der Waals surface area contributed by atoms with Crippen LogP contribution in [0.3, 0.4) is 0 Å². The highest BCUT2D eigenvalue weighted by molar-refractivity contribution is 7.89. The van der Waals surface area contributed by atoms with Gasteiger partial charge in [0.1, 0.15) is 13.2 Å². The third-order valence-electron chi connectivity index (χ3n) is 5.47. The Balaban J connectivity index is 1.40. The molecule has 0 radical (unpaired) electrons. The number of nitrogens with one attached hydrogen (secondary N) is 1. The lowest BCUT2D eigenvalue weighted by atomic mass is 9.98. The van der Waals surface area contributed by atoms with E-state index in [0.29, 0.717) is 50.6 Å². The average Bonchev–Trinajstić information content (AvgIpc) is 2.85. The number of carbonyl (C=O) groups is 3. The van der Waals surface area contributed by atoms with Gasteiger partial charge in [0.15, 0.2) is 18.1 Å². The van der Waals surface area contributed by atoms with Crippen molar-refractivity contribution in [3.05, 3.63) is 18.2 Å². The lowest BCUT2D eigenvalue weighted by molar-refractivity contribution is -0.153. The Morgan fingerprint density at radius 1 is 1.09 bits per heavy atom. The summed E-state index contributed by atoms with van der Waals surface area (Å²) >= 11 is 0. The molecule has 0 unspecified atom stereocenters.